The van der Waals surface area contributed by atoms with E-state index in [9.17, 15) is 4.79 Å². The summed E-state index contributed by atoms with van der Waals surface area (Å²) in [6.07, 6.45) is 9.24. The zero-order valence-electron chi connectivity index (χ0n) is 14.1. The number of nitrogens with zero attached hydrogens (tertiary/aromatic N) is 2. The lowest BCUT2D eigenvalue weighted by Crippen LogP contribution is -2.54. The zero-order valence-corrected chi connectivity index (χ0v) is 14.9. The van der Waals surface area contributed by atoms with Crippen molar-refractivity contribution in [3.8, 4) is 0 Å². The van der Waals surface area contributed by atoms with Crippen LogP contribution in [0.1, 0.15) is 51.4 Å². The average Bonchev–Trinajstić information content (AvgIpc) is 3.15. The van der Waals surface area contributed by atoms with Crippen LogP contribution in [0, 0.1) is 17.8 Å². The third-order valence-corrected chi connectivity index (χ3v) is 7.34. The van der Waals surface area contributed by atoms with E-state index < -0.39 is 0 Å². The fraction of sp³-hybridized carbons (Fsp3) is 0.944. The molecule has 4 aliphatic rings. The average molecular weight is 341 g/mol. The summed E-state index contributed by atoms with van der Waals surface area (Å²) in [7, 11) is 2.22. The summed E-state index contributed by atoms with van der Waals surface area (Å²) < 4.78 is 0. The zero-order chi connectivity index (χ0) is 16.0. The third kappa shape index (κ3) is 2.91. The molecule has 4 rings (SSSR count). The van der Waals surface area contributed by atoms with E-state index in [0.717, 1.165) is 25.8 Å². The molecule has 5 heteroatoms. The largest absolute Gasteiger partial charge is 0.300 e. The first-order valence-corrected chi connectivity index (χ1v) is 9.89. The normalized spacial score (nSPS) is 44.7. The molecule has 4 atom stereocenters. The lowest BCUT2D eigenvalue weighted by Gasteiger charge is -2.47. The topological polar surface area (TPSA) is 32.8 Å². The van der Waals surface area contributed by atoms with E-state index in [0.29, 0.717) is 35.9 Å². The molecule has 3 saturated heterocycles. The van der Waals surface area contributed by atoms with Gasteiger partial charge in [0.25, 0.3) is 5.91 Å². The van der Waals surface area contributed by atoms with Crippen molar-refractivity contribution in [3.63, 3.8) is 0 Å². The number of halogens is 1. The standard InChI is InChI=1S/C18H29ClN2O2/c1-20-14-7-8-16(20)17(18(22)21-9-2-10-23-21)15(11-14)12-3-5-13(19)6-4-12/h12-17H,2-11H2,1H3/t12?,13?,14-,15-,16?,17?/m1/s1. The van der Waals surface area contributed by atoms with Gasteiger partial charge in [-0.25, -0.2) is 5.06 Å². The van der Waals surface area contributed by atoms with E-state index in [1.165, 1.54) is 32.1 Å². The first-order chi connectivity index (χ1) is 11.1. The maximum Gasteiger partial charge on any atom is 0.251 e. The molecule has 1 amide bonds. The predicted octanol–water partition coefficient (Wildman–Crippen LogP) is 3.05. The fourth-order valence-electron chi connectivity index (χ4n) is 5.63. The Hall–Kier alpha value is -0.320. The minimum Gasteiger partial charge on any atom is -0.300 e. The number of amides is 1. The minimum absolute atomic E-state index is 0.133. The van der Waals surface area contributed by atoms with Gasteiger partial charge >= 0.3 is 0 Å². The van der Waals surface area contributed by atoms with Crippen LogP contribution in [0.4, 0.5) is 0 Å². The molecule has 0 aromatic carbocycles. The van der Waals surface area contributed by atoms with E-state index >= 15 is 0 Å². The molecule has 2 unspecified atom stereocenters. The van der Waals surface area contributed by atoms with Gasteiger partial charge in [-0.15, -0.1) is 11.6 Å². The molecule has 23 heavy (non-hydrogen) atoms. The summed E-state index contributed by atoms with van der Waals surface area (Å²) in [5.74, 6) is 1.61. The van der Waals surface area contributed by atoms with Crippen molar-refractivity contribution >= 4 is 17.5 Å². The van der Waals surface area contributed by atoms with Crippen molar-refractivity contribution in [1.82, 2.24) is 9.96 Å². The van der Waals surface area contributed by atoms with Gasteiger partial charge in [-0.1, -0.05) is 0 Å². The van der Waals surface area contributed by atoms with Gasteiger partial charge in [0.1, 0.15) is 0 Å². The Morgan fingerprint density at radius 3 is 2.61 bits per heavy atom. The molecule has 3 aliphatic heterocycles. The maximum absolute atomic E-state index is 13.2. The van der Waals surface area contributed by atoms with Crippen molar-refractivity contribution in [1.29, 1.82) is 0 Å². The number of carbonyl (C=O) groups is 1. The number of hydrogen-bond acceptors (Lipinski definition) is 3. The molecule has 130 valence electrons. The predicted molar refractivity (Wildman–Crippen MR) is 90.1 cm³/mol. The van der Waals surface area contributed by atoms with Crippen LogP contribution in [0.5, 0.6) is 0 Å². The summed E-state index contributed by atoms with van der Waals surface area (Å²) >= 11 is 6.31. The Morgan fingerprint density at radius 1 is 1.13 bits per heavy atom. The third-order valence-electron chi connectivity index (χ3n) is 6.91. The Balaban J connectivity index is 1.56. The Labute approximate surface area is 144 Å². The number of hydroxylamine groups is 2. The molecule has 2 bridgehead atoms. The molecule has 1 aliphatic carbocycles. The van der Waals surface area contributed by atoms with Gasteiger partial charge in [-0.05, 0) is 70.3 Å². The van der Waals surface area contributed by atoms with E-state index in [4.69, 9.17) is 16.4 Å². The van der Waals surface area contributed by atoms with Crippen LogP contribution in [0.2, 0.25) is 0 Å². The van der Waals surface area contributed by atoms with Crippen LogP contribution in [-0.2, 0) is 9.63 Å². The summed E-state index contributed by atoms with van der Waals surface area (Å²) in [6, 6.07) is 1.10. The van der Waals surface area contributed by atoms with Gasteiger partial charge in [0.05, 0.1) is 19.1 Å². The molecule has 1 saturated carbocycles. The van der Waals surface area contributed by atoms with Gasteiger partial charge in [0.2, 0.25) is 0 Å². The smallest absolute Gasteiger partial charge is 0.251 e. The highest BCUT2D eigenvalue weighted by atomic mass is 35.5. The van der Waals surface area contributed by atoms with Crippen LogP contribution >= 0.6 is 11.6 Å². The van der Waals surface area contributed by atoms with E-state index in [1.54, 1.807) is 5.06 Å². The molecule has 0 N–H and O–H groups in total. The highest BCUT2D eigenvalue weighted by Gasteiger charge is 2.52. The monoisotopic (exact) mass is 340 g/mol. The highest BCUT2D eigenvalue weighted by Crippen LogP contribution is 2.48. The summed E-state index contributed by atoms with van der Waals surface area (Å²) in [4.78, 5) is 21.3. The summed E-state index contributed by atoms with van der Waals surface area (Å²) in [5, 5.41) is 2.03. The molecular formula is C18H29ClN2O2. The van der Waals surface area contributed by atoms with Gasteiger partial charge in [0.15, 0.2) is 0 Å². The molecule has 0 radical (unpaired) electrons. The van der Waals surface area contributed by atoms with Crippen molar-refractivity contribution in [2.45, 2.75) is 68.8 Å². The Bertz CT molecular complexity index is 446. The first kappa shape index (κ1) is 16.2. The van der Waals surface area contributed by atoms with Gasteiger partial charge < -0.3 is 0 Å². The van der Waals surface area contributed by atoms with Gasteiger partial charge in [-0.2, -0.15) is 0 Å². The SMILES string of the molecule is CN1C2CC[C@@H]1C[C@H](C1CCC(Cl)CC1)C2C(=O)N1CCCO1. The molecule has 0 aromatic heterocycles. The van der Waals surface area contributed by atoms with Crippen molar-refractivity contribution in [3.05, 3.63) is 0 Å². The number of alkyl halides is 1. The van der Waals surface area contributed by atoms with Crippen LogP contribution in [-0.4, -0.2) is 53.5 Å². The lowest BCUT2D eigenvalue weighted by atomic mass is 9.68. The van der Waals surface area contributed by atoms with Gasteiger partial charge in [-0.3, -0.25) is 14.5 Å². The number of carbonyl (C=O) groups excluding carboxylic acids is 1. The van der Waals surface area contributed by atoms with E-state index in [1.807, 2.05) is 0 Å². The second-order valence-electron chi connectivity index (χ2n) is 8.03. The molecular weight excluding hydrogens is 312 g/mol. The number of fused-ring (bicyclic) bond motifs is 2. The van der Waals surface area contributed by atoms with E-state index in [2.05, 4.69) is 11.9 Å². The Kier molecular flexibility index (Phi) is 4.59. The van der Waals surface area contributed by atoms with Crippen molar-refractivity contribution in [2.75, 3.05) is 20.2 Å². The van der Waals surface area contributed by atoms with Gasteiger partial charge in [0, 0.05) is 17.5 Å². The minimum atomic E-state index is 0.133. The molecule has 3 heterocycles. The number of piperidine rings is 1. The van der Waals surface area contributed by atoms with Crippen LogP contribution in [0.25, 0.3) is 0 Å². The number of rotatable bonds is 2. The Morgan fingerprint density at radius 2 is 1.91 bits per heavy atom. The van der Waals surface area contributed by atoms with E-state index in [-0.39, 0.29) is 11.8 Å². The molecule has 0 spiro atoms. The number of hydrogen-bond donors (Lipinski definition) is 0. The highest BCUT2D eigenvalue weighted by molar-refractivity contribution is 6.20. The summed E-state index contributed by atoms with van der Waals surface area (Å²) in [5.41, 5.74) is 0. The second-order valence-corrected chi connectivity index (χ2v) is 8.65. The van der Waals surface area contributed by atoms with Crippen molar-refractivity contribution < 1.29 is 9.63 Å². The maximum atomic E-state index is 13.2. The van der Waals surface area contributed by atoms with Crippen LogP contribution < -0.4 is 0 Å². The molecule has 0 aromatic rings. The first-order valence-electron chi connectivity index (χ1n) is 9.45. The van der Waals surface area contributed by atoms with Crippen LogP contribution in [0.3, 0.4) is 0 Å². The molecule has 4 nitrogen and oxygen atoms in total. The fourth-order valence-corrected chi connectivity index (χ4v) is 5.88. The molecule has 4 fully saturated rings. The lowest BCUT2D eigenvalue weighted by molar-refractivity contribution is -0.181. The quantitative estimate of drug-likeness (QED) is 0.724. The second kappa shape index (κ2) is 6.53. The summed E-state index contributed by atoms with van der Waals surface area (Å²) in [6.45, 7) is 1.47. The van der Waals surface area contributed by atoms with Crippen molar-refractivity contribution in [2.24, 2.45) is 17.8 Å². The van der Waals surface area contributed by atoms with Crippen LogP contribution in [0.15, 0.2) is 0 Å².